The number of aliphatic carboxylic acids is 1. The molecule has 1 aromatic carbocycles. The number of rotatable bonds is 5. The molecule has 0 heterocycles. The van der Waals surface area contributed by atoms with Gasteiger partial charge < -0.3 is 10.4 Å². The molecule has 1 unspecified atom stereocenters. The number of carboxylic acid groups (broad SMARTS) is 1. The van der Waals surface area contributed by atoms with Crippen molar-refractivity contribution < 1.29 is 14.7 Å². The van der Waals surface area contributed by atoms with Crippen LogP contribution in [0.25, 0.3) is 0 Å². The molecule has 5 heteroatoms. The standard InChI is InChI=1S/C12H14BrNO3/c1-2-10(12(16)17)11(15)14-7-8-4-3-5-9(13)6-8/h3-6,10H,2,7H2,1H3,(H,14,15)(H,16,17). The molecule has 4 nitrogen and oxygen atoms in total. The lowest BCUT2D eigenvalue weighted by atomic mass is 10.1. The number of carbonyl (C=O) groups is 2. The van der Waals surface area contributed by atoms with Crippen molar-refractivity contribution in [2.75, 3.05) is 0 Å². The summed E-state index contributed by atoms with van der Waals surface area (Å²) in [6.45, 7) is 2.01. The van der Waals surface area contributed by atoms with E-state index >= 15 is 0 Å². The number of hydrogen-bond acceptors (Lipinski definition) is 2. The van der Waals surface area contributed by atoms with Crippen molar-refractivity contribution in [3.8, 4) is 0 Å². The summed E-state index contributed by atoms with van der Waals surface area (Å²) in [6, 6.07) is 7.49. The molecule has 0 bridgehead atoms. The van der Waals surface area contributed by atoms with Crippen molar-refractivity contribution >= 4 is 27.8 Å². The van der Waals surface area contributed by atoms with Crippen LogP contribution in [0.4, 0.5) is 0 Å². The van der Waals surface area contributed by atoms with Crippen molar-refractivity contribution in [3.05, 3.63) is 34.3 Å². The third kappa shape index (κ3) is 4.19. The van der Waals surface area contributed by atoms with E-state index in [0.717, 1.165) is 10.0 Å². The number of hydrogen-bond donors (Lipinski definition) is 2. The van der Waals surface area contributed by atoms with Crippen LogP contribution in [0.15, 0.2) is 28.7 Å². The van der Waals surface area contributed by atoms with Gasteiger partial charge in [-0.05, 0) is 24.1 Å². The zero-order valence-electron chi connectivity index (χ0n) is 9.44. The molecule has 0 aliphatic rings. The molecule has 0 saturated heterocycles. The van der Waals surface area contributed by atoms with Gasteiger partial charge in [0.05, 0.1) is 0 Å². The zero-order valence-corrected chi connectivity index (χ0v) is 11.0. The van der Waals surface area contributed by atoms with Gasteiger partial charge in [0, 0.05) is 11.0 Å². The molecule has 92 valence electrons. The first-order valence-electron chi connectivity index (χ1n) is 5.29. The SMILES string of the molecule is CCC(C(=O)O)C(=O)NCc1cccc(Br)c1. The Hall–Kier alpha value is -1.36. The van der Waals surface area contributed by atoms with Crippen LogP contribution in [-0.4, -0.2) is 17.0 Å². The van der Waals surface area contributed by atoms with E-state index in [1.54, 1.807) is 6.92 Å². The Balaban J connectivity index is 2.56. The van der Waals surface area contributed by atoms with E-state index in [1.165, 1.54) is 0 Å². The molecular formula is C12H14BrNO3. The maximum atomic E-state index is 11.6. The van der Waals surface area contributed by atoms with E-state index in [-0.39, 0.29) is 0 Å². The van der Waals surface area contributed by atoms with Gasteiger partial charge in [0.25, 0.3) is 0 Å². The molecule has 0 aliphatic heterocycles. The Morgan fingerprint density at radius 2 is 2.18 bits per heavy atom. The van der Waals surface area contributed by atoms with Gasteiger partial charge >= 0.3 is 5.97 Å². The van der Waals surface area contributed by atoms with Crippen LogP contribution in [0.1, 0.15) is 18.9 Å². The Morgan fingerprint density at radius 3 is 2.71 bits per heavy atom. The summed E-state index contributed by atoms with van der Waals surface area (Å²) in [6.07, 6.45) is 0.291. The minimum Gasteiger partial charge on any atom is -0.481 e. The summed E-state index contributed by atoms with van der Waals surface area (Å²) >= 11 is 3.33. The average molecular weight is 300 g/mol. The van der Waals surface area contributed by atoms with E-state index in [2.05, 4.69) is 21.2 Å². The maximum absolute atomic E-state index is 11.6. The van der Waals surface area contributed by atoms with E-state index in [9.17, 15) is 9.59 Å². The van der Waals surface area contributed by atoms with Crippen molar-refractivity contribution in [2.45, 2.75) is 19.9 Å². The predicted octanol–water partition coefficient (Wildman–Crippen LogP) is 2.18. The summed E-state index contributed by atoms with van der Waals surface area (Å²) < 4.78 is 0.925. The number of carboxylic acids is 1. The second-order valence-electron chi connectivity index (χ2n) is 3.65. The number of carbonyl (C=O) groups excluding carboxylic acids is 1. The Bertz CT molecular complexity index is 420. The molecule has 2 N–H and O–H groups in total. The molecule has 1 aromatic rings. The van der Waals surface area contributed by atoms with E-state index in [1.807, 2.05) is 24.3 Å². The predicted molar refractivity (Wildman–Crippen MR) is 67.4 cm³/mol. The number of benzene rings is 1. The fourth-order valence-corrected chi connectivity index (χ4v) is 1.88. The summed E-state index contributed by atoms with van der Waals surface area (Å²) in [4.78, 5) is 22.3. The highest BCUT2D eigenvalue weighted by Crippen LogP contribution is 2.11. The van der Waals surface area contributed by atoms with E-state index in [4.69, 9.17) is 5.11 Å². The summed E-state index contributed by atoms with van der Waals surface area (Å²) in [5, 5.41) is 11.4. The normalized spacial score (nSPS) is 11.9. The molecule has 0 aliphatic carbocycles. The van der Waals surface area contributed by atoms with Crippen LogP contribution < -0.4 is 5.32 Å². The van der Waals surface area contributed by atoms with Gasteiger partial charge in [-0.15, -0.1) is 0 Å². The topological polar surface area (TPSA) is 66.4 Å². The molecule has 0 aromatic heterocycles. The second-order valence-corrected chi connectivity index (χ2v) is 4.56. The number of nitrogens with one attached hydrogen (secondary N) is 1. The van der Waals surface area contributed by atoms with Crippen LogP contribution >= 0.6 is 15.9 Å². The van der Waals surface area contributed by atoms with Gasteiger partial charge in [-0.2, -0.15) is 0 Å². The minimum atomic E-state index is -1.08. The van der Waals surface area contributed by atoms with Crippen LogP contribution in [0.3, 0.4) is 0 Å². The highest BCUT2D eigenvalue weighted by atomic mass is 79.9. The molecule has 0 spiro atoms. The van der Waals surface area contributed by atoms with Crippen molar-refractivity contribution in [2.24, 2.45) is 5.92 Å². The first-order chi connectivity index (χ1) is 8.04. The molecule has 1 rings (SSSR count). The van der Waals surface area contributed by atoms with Crippen molar-refractivity contribution in [3.63, 3.8) is 0 Å². The minimum absolute atomic E-state index is 0.291. The maximum Gasteiger partial charge on any atom is 0.316 e. The molecule has 0 radical (unpaired) electrons. The monoisotopic (exact) mass is 299 g/mol. The quantitative estimate of drug-likeness (QED) is 0.819. The average Bonchev–Trinajstić information content (AvgIpc) is 2.27. The lowest BCUT2D eigenvalue weighted by molar-refractivity contribution is -0.147. The molecule has 0 saturated carbocycles. The lowest BCUT2D eigenvalue weighted by Gasteiger charge is -2.10. The number of amides is 1. The van der Waals surface area contributed by atoms with Crippen LogP contribution in [-0.2, 0) is 16.1 Å². The van der Waals surface area contributed by atoms with Crippen LogP contribution in [0.5, 0.6) is 0 Å². The summed E-state index contributed by atoms with van der Waals surface area (Å²) in [7, 11) is 0. The Labute approximate surface area is 108 Å². The van der Waals surface area contributed by atoms with Crippen LogP contribution in [0, 0.1) is 5.92 Å². The molecule has 1 atom stereocenters. The van der Waals surface area contributed by atoms with E-state index in [0.29, 0.717) is 13.0 Å². The van der Waals surface area contributed by atoms with Gasteiger partial charge in [0.2, 0.25) is 5.91 Å². The fourth-order valence-electron chi connectivity index (χ4n) is 1.43. The second kappa shape index (κ2) is 6.39. The first kappa shape index (κ1) is 13.7. The third-order valence-corrected chi connectivity index (χ3v) is 2.87. The van der Waals surface area contributed by atoms with Gasteiger partial charge in [-0.3, -0.25) is 9.59 Å². The zero-order chi connectivity index (χ0) is 12.8. The Morgan fingerprint density at radius 1 is 1.47 bits per heavy atom. The largest absolute Gasteiger partial charge is 0.481 e. The highest BCUT2D eigenvalue weighted by molar-refractivity contribution is 9.10. The first-order valence-corrected chi connectivity index (χ1v) is 6.09. The fraction of sp³-hybridized carbons (Fsp3) is 0.333. The molecule has 0 fully saturated rings. The van der Waals surface area contributed by atoms with Gasteiger partial charge in [0.1, 0.15) is 5.92 Å². The Kier molecular flexibility index (Phi) is 5.15. The lowest BCUT2D eigenvalue weighted by Crippen LogP contribution is -2.34. The highest BCUT2D eigenvalue weighted by Gasteiger charge is 2.23. The van der Waals surface area contributed by atoms with Crippen molar-refractivity contribution in [1.82, 2.24) is 5.32 Å². The van der Waals surface area contributed by atoms with Crippen molar-refractivity contribution in [1.29, 1.82) is 0 Å². The number of halogens is 1. The molecule has 1 amide bonds. The third-order valence-electron chi connectivity index (χ3n) is 2.38. The van der Waals surface area contributed by atoms with Gasteiger partial charge in [-0.1, -0.05) is 35.0 Å². The van der Waals surface area contributed by atoms with Gasteiger partial charge in [-0.25, -0.2) is 0 Å². The smallest absolute Gasteiger partial charge is 0.316 e. The molecular weight excluding hydrogens is 286 g/mol. The van der Waals surface area contributed by atoms with E-state index < -0.39 is 17.8 Å². The summed E-state index contributed by atoms with van der Waals surface area (Å²) in [5.74, 6) is -2.50. The van der Waals surface area contributed by atoms with Gasteiger partial charge in [0.15, 0.2) is 0 Å². The van der Waals surface area contributed by atoms with Crippen LogP contribution in [0.2, 0.25) is 0 Å². The molecule has 17 heavy (non-hydrogen) atoms. The summed E-state index contributed by atoms with van der Waals surface area (Å²) in [5.41, 5.74) is 0.924.